The monoisotopic (exact) mass is 273 g/mol. The summed E-state index contributed by atoms with van der Waals surface area (Å²) in [6, 6.07) is 0. The van der Waals surface area contributed by atoms with Gasteiger partial charge in [0.1, 0.15) is 0 Å². The standard InChI is InChI=1S/C16H35NO2/c1-4-5-6-9-12-19-14-16(18)13-17-11-8-7-10-15(2)3/h15-18H,4-14H2,1-3H3. The van der Waals surface area contributed by atoms with E-state index in [0.717, 1.165) is 25.5 Å². The average molecular weight is 273 g/mol. The summed E-state index contributed by atoms with van der Waals surface area (Å²) in [4.78, 5) is 0. The second-order valence-corrected chi connectivity index (χ2v) is 5.88. The van der Waals surface area contributed by atoms with Crippen LogP contribution < -0.4 is 5.32 Å². The summed E-state index contributed by atoms with van der Waals surface area (Å²) in [6.45, 7) is 9.62. The fourth-order valence-electron chi connectivity index (χ4n) is 1.98. The number of unbranched alkanes of at least 4 members (excludes halogenated alkanes) is 4. The number of hydrogen-bond donors (Lipinski definition) is 2. The summed E-state index contributed by atoms with van der Waals surface area (Å²) in [5, 5.41) is 13.0. The second kappa shape index (κ2) is 14.3. The van der Waals surface area contributed by atoms with Crippen molar-refractivity contribution in [2.45, 2.75) is 71.8 Å². The first-order valence-electron chi connectivity index (χ1n) is 8.13. The topological polar surface area (TPSA) is 41.5 Å². The van der Waals surface area contributed by atoms with Crippen LogP contribution >= 0.6 is 0 Å². The number of rotatable bonds is 14. The van der Waals surface area contributed by atoms with Gasteiger partial charge in [0.2, 0.25) is 0 Å². The highest BCUT2D eigenvalue weighted by Crippen LogP contribution is 2.05. The molecule has 2 N–H and O–H groups in total. The van der Waals surface area contributed by atoms with E-state index in [1.54, 1.807) is 0 Å². The predicted molar refractivity (Wildman–Crippen MR) is 82.5 cm³/mol. The number of hydrogen-bond acceptors (Lipinski definition) is 3. The first-order valence-corrected chi connectivity index (χ1v) is 8.13. The Bertz CT molecular complexity index is 174. The molecule has 0 bridgehead atoms. The van der Waals surface area contributed by atoms with Crippen molar-refractivity contribution in [3.8, 4) is 0 Å². The molecule has 0 fully saturated rings. The maximum Gasteiger partial charge on any atom is 0.0897 e. The van der Waals surface area contributed by atoms with E-state index in [0.29, 0.717) is 13.2 Å². The number of aliphatic hydroxyl groups excluding tert-OH is 1. The minimum atomic E-state index is -0.365. The van der Waals surface area contributed by atoms with Gasteiger partial charge in [0, 0.05) is 13.2 Å². The Labute approximate surface area is 120 Å². The van der Waals surface area contributed by atoms with E-state index >= 15 is 0 Å². The number of nitrogens with one attached hydrogen (secondary N) is 1. The lowest BCUT2D eigenvalue weighted by molar-refractivity contribution is 0.0355. The van der Waals surface area contributed by atoms with E-state index in [-0.39, 0.29) is 6.10 Å². The Kier molecular flexibility index (Phi) is 14.2. The molecule has 0 aliphatic rings. The van der Waals surface area contributed by atoms with Gasteiger partial charge in [0.15, 0.2) is 0 Å². The third kappa shape index (κ3) is 15.8. The van der Waals surface area contributed by atoms with Gasteiger partial charge in [-0.15, -0.1) is 0 Å². The average Bonchev–Trinajstić information content (AvgIpc) is 2.37. The van der Waals surface area contributed by atoms with Crippen LogP contribution in [-0.4, -0.2) is 37.5 Å². The molecule has 19 heavy (non-hydrogen) atoms. The Morgan fingerprint density at radius 2 is 1.84 bits per heavy atom. The summed E-state index contributed by atoms with van der Waals surface area (Å²) in [7, 11) is 0. The van der Waals surface area contributed by atoms with Crippen molar-refractivity contribution < 1.29 is 9.84 Å². The van der Waals surface area contributed by atoms with E-state index < -0.39 is 0 Å². The molecule has 1 unspecified atom stereocenters. The Morgan fingerprint density at radius 1 is 1.05 bits per heavy atom. The maximum atomic E-state index is 9.71. The van der Waals surface area contributed by atoms with Crippen LogP contribution in [0, 0.1) is 5.92 Å². The minimum absolute atomic E-state index is 0.365. The van der Waals surface area contributed by atoms with Gasteiger partial charge in [-0.05, 0) is 25.3 Å². The lowest BCUT2D eigenvalue weighted by atomic mass is 10.1. The van der Waals surface area contributed by atoms with Crippen molar-refractivity contribution in [2.24, 2.45) is 5.92 Å². The molecule has 116 valence electrons. The third-order valence-corrected chi connectivity index (χ3v) is 3.22. The first kappa shape index (κ1) is 18.9. The molecule has 0 spiro atoms. The summed E-state index contributed by atoms with van der Waals surface area (Å²) in [5.74, 6) is 0.798. The van der Waals surface area contributed by atoms with Crippen molar-refractivity contribution in [1.29, 1.82) is 0 Å². The SMILES string of the molecule is CCCCCCOCC(O)CNCCCCC(C)C. The molecular weight excluding hydrogens is 238 g/mol. The van der Waals surface area contributed by atoms with Crippen molar-refractivity contribution in [3.63, 3.8) is 0 Å². The second-order valence-electron chi connectivity index (χ2n) is 5.88. The maximum absolute atomic E-state index is 9.71. The predicted octanol–water partition coefficient (Wildman–Crippen LogP) is 3.36. The van der Waals surface area contributed by atoms with Gasteiger partial charge in [-0.2, -0.15) is 0 Å². The first-order chi connectivity index (χ1) is 9.16. The number of ether oxygens (including phenoxy) is 1. The van der Waals surface area contributed by atoms with Crippen LogP contribution in [0.2, 0.25) is 0 Å². The van der Waals surface area contributed by atoms with E-state index in [9.17, 15) is 5.11 Å². The van der Waals surface area contributed by atoms with Crippen LogP contribution in [0.5, 0.6) is 0 Å². The van der Waals surface area contributed by atoms with Gasteiger partial charge in [-0.25, -0.2) is 0 Å². The molecule has 0 saturated carbocycles. The lowest BCUT2D eigenvalue weighted by Gasteiger charge is -2.12. The molecule has 0 aromatic heterocycles. The van der Waals surface area contributed by atoms with Crippen LogP contribution in [-0.2, 0) is 4.74 Å². The summed E-state index contributed by atoms with van der Waals surface area (Å²) >= 11 is 0. The van der Waals surface area contributed by atoms with Crippen LogP contribution in [0.1, 0.15) is 65.7 Å². The molecule has 0 rings (SSSR count). The zero-order valence-corrected chi connectivity index (χ0v) is 13.3. The van der Waals surface area contributed by atoms with E-state index in [4.69, 9.17) is 4.74 Å². The third-order valence-electron chi connectivity index (χ3n) is 3.22. The largest absolute Gasteiger partial charge is 0.389 e. The van der Waals surface area contributed by atoms with Crippen molar-refractivity contribution in [2.75, 3.05) is 26.3 Å². The smallest absolute Gasteiger partial charge is 0.0897 e. The van der Waals surface area contributed by atoms with Crippen LogP contribution in [0.4, 0.5) is 0 Å². The molecule has 0 aliphatic heterocycles. The Hall–Kier alpha value is -0.120. The van der Waals surface area contributed by atoms with Gasteiger partial charge in [-0.3, -0.25) is 0 Å². The molecule has 0 aromatic carbocycles. The molecule has 0 heterocycles. The zero-order chi connectivity index (χ0) is 14.3. The highest BCUT2D eigenvalue weighted by molar-refractivity contribution is 4.59. The van der Waals surface area contributed by atoms with Gasteiger partial charge in [0.05, 0.1) is 12.7 Å². The van der Waals surface area contributed by atoms with Crippen LogP contribution in [0.25, 0.3) is 0 Å². The van der Waals surface area contributed by atoms with Gasteiger partial charge in [0.25, 0.3) is 0 Å². The molecule has 0 saturated heterocycles. The summed E-state index contributed by atoms with van der Waals surface area (Å²) in [5.41, 5.74) is 0. The highest BCUT2D eigenvalue weighted by atomic mass is 16.5. The molecule has 0 aromatic rings. The summed E-state index contributed by atoms with van der Waals surface area (Å²) < 4.78 is 5.46. The molecule has 3 heteroatoms. The Morgan fingerprint density at radius 3 is 2.53 bits per heavy atom. The van der Waals surface area contributed by atoms with Crippen molar-refractivity contribution >= 4 is 0 Å². The molecule has 0 radical (unpaired) electrons. The van der Waals surface area contributed by atoms with Gasteiger partial charge in [-0.1, -0.05) is 52.9 Å². The highest BCUT2D eigenvalue weighted by Gasteiger charge is 2.03. The normalized spacial score (nSPS) is 13.1. The van der Waals surface area contributed by atoms with Crippen LogP contribution in [0.3, 0.4) is 0 Å². The minimum Gasteiger partial charge on any atom is -0.389 e. The van der Waals surface area contributed by atoms with Crippen molar-refractivity contribution in [1.82, 2.24) is 5.32 Å². The lowest BCUT2D eigenvalue weighted by Crippen LogP contribution is -2.31. The van der Waals surface area contributed by atoms with E-state index in [1.165, 1.54) is 38.5 Å². The Balaban J connectivity index is 3.14. The van der Waals surface area contributed by atoms with Gasteiger partial charge >= 0.3 is 0 Å². The molecular formula is C16H35NO2. The van der Waals surface area contributed by atoms with Crippen molar-refractivity contribution in [3.05, 3.63) is 0 Å². The van der Waals surface area contributed by atoms with E-state index in [2.05, 4.69) is 26.1 Å². The molecule has 0 aliphatic carbocycles. The quantitative estimate of drug-likeness (QED) is 0.477. The fourth-order valence-corrected chi connectivity index (χ4v) is 1.98. The fraction of sp³-hybridized carbons (Fsp3) is 1.00. The molecule has 0 amide bonds. The molecule has 3 nitrogen and oxygen atoms in total. The molecule has 1 atom stereocenters. The number of aliphatic hydroxyl groups is 1. The van der Waals surface area contributed by atoms with Gasteiger partial charge < -0.3 is 15.2 Å². The summed E-state index contributed by atoms with van der Waals surface area (Å²) in [6.07, 6.45) is 8.29. The van der Waals surface area contributed by atoms with Crippen LogP contribution in [0.15, 0.2) is 0 Å². The van der Waals surface area contributed by atoms with E-state index in [1.807, 2.05) is 0 Å². The zero-order valence-electron chi connectivity index (χ0n) is 13.3.